The first-order valence-corrected chi connectivity index (χ1v) is 4.66. The van der Waals surface area contributed by atoms with Crippen LogP contribution in [-0.2, 0) is 9.59 Å². The largest absolute Gasteiger partial charge is 0.284 e. The second-order valence-electron chi connectivity index (χ2n) is 3.98. The standard InChI is InChI=1S/C10H13NO2/c1-7-2-3-9-8(4-7)5-11(6-12)10(9)13/h2-3,6-9H,4-5H2,1H3/t7-,8-,9-/m1/s1. The fourth-order valence-corrected chi connectivity index (χ4v) is 2.27. The van der Waals surface area contributed by atoms with E-state index < -0.39 is 0 Å². The van der Waals surface area contributed by atoms with Gasteiger partial charge in [-0.15, -0.1) is 0 Å². The Balaban J connectivity index is 2.20. The summed E-state index contributed by atoms with van der Waals surface area (Å²) in [7, 11) is 0. The molecular formula is C10H13NO2. The van der Waals surface area contributed by atoms with Crippen LogP contribution in [0, 0.1) is 17.8 Å². The predicted molar refractivity (Wildman–Crippen MR) is 47.7 cm³/mol. The summed E-state index contributed by atoms with van der Waals surface area (Å²) >= 11 is 0. The van der Waals surface area contributed by atoms with Gasteiger partial charge in [-0.25, -0.2) is 0 Å². The third-order valence-electron chi connectivity index (χ3n) is 2.96. The van der Waals surface area contributed by atoms with Crippen molar-refractivity contribution >= 4 is 12.3 Å². The summed E-state index contributed by atoms with van der Waals surface area (Å²) in [4.78, 5) is 23.3. The van der Waals surface area contributed by atoms with Gasteiger partial charge in [0.1, 0.15) is 0 Å². The topological polar surface area (TPSA) is 37.4 Å². The third-order valence-corrected chi connectivity index (χ3v) is 2.96. The number of likely N-dealkylation sites (tertiary alicyclic amines) is 1. The second-order valence-corrected chi connectivity index (χ2v) is 3.98. The lowest BCUT2D eigenvalue weighted by molar-refractivity contribution is -0.136. The van der Waals surface area contributed by atoms with E-state index in [0.29, 0.717) is 24.8 Å². The van der Waals surface area contributed by atoms with Gasteiger partial charge in [-0.05, 0) is 18.3 Å². The Labute approximate surface area is 77.4 Å². The van der Waals surface area contributed by atoms with Crippen LogP contribution >= 0.6 is 0 Å². The van der Waals surface area contributed by atoms with Gasteiger partial charge < -0.3 is 0 Å². The number of allylic oxidation sites excluding steroid dienone is 1. The number of hydrogen-bond donors (Lipinski definition) is 0. The Hall–Kier alpha value is -1.12. The van der Waals surface area contributed by atoms with Crippen molar-refractivity contribution in [3.05, 3.63) is 12.2 Å². The van der Waals surface area contributed by atoms with Crippen molar-refractivity contribution in [1.29, 1.82) is 0 Å². The molecule has 0 N–H and O–H groups in total. The Morgan fingerprint density at radius 2 is 2.31 bits per heavy atom. The lowest BCUT2D eigenvalue weighted by atomic mass is 9.82. The maximum atomic E-state index is 11.5. The summed E-state index contributed by atoms with van der Waals surface area (Å²) in [6.07, 6.45) is 5.72. The van der Waals surface area contributed by atoms with Gasteiger partial charge in [-0.1, -0.05) is 19.1 Å². The van der Waals surface area contributed by atoms with E-state index in [1.807, 2.05) is 6.08 Å². The maximum absolute atomic E-state index is 11.5. The highest BCUT2D eigenvalue weighted by Gasteiger charge is 2.40. The van der Waals surface area contributed by atoms with Crippen molar-refractivity contribution < 1.29 is 9.59 Å². The fraction of sp³-hybridized carbons (Fsp3) is 0.600. The molecule has 2 amide bonds. The van der Waals surface area contributed by atoms with Crippen molar-refractivity contribution in [2.75, 3.05) is 6.54 Å². The predicted octanol–water partition coefficient (Wildman–Crippen LogP) is 0.813. The summed E-state index contributed by atoms with van der Waals surface area (Å²) < 4.78 is 0. The minimum atomic E-state index is -0.0265. The first-order chi connectivity index (χ1) is 6.22. The number of imide groups is 1. The van der Waals surface area contributed by atoms with E-state index in [0.717, 1.165) is 6.42 Å². The summed E-state index contributed by atoms with van der Waals surface area (Å²) in [6.45, 7) is 2.75. The van der Waals surface area contributed by atoms with Crippen molar-refractivity contribution in [2.24, 2.45) is 17.8 Å². The molecule has 0 aromatic rings. The molecule has 1 fully saturated rings. The monoisotopic (exact) mass is 179 g/mol. The normalized spacial score (nSPS) is 37.8. The Bertz CT molecular complexity index is 272. The van der Waals surface area contributed by atoms with Crippen LogP contribution in [-0.4, -0.2) is 23.8 Å². The molecule has 13 heavy (non-hydrogen) atoms. The van der Waals surface area contributed by atoms with Crippen molar-refractivity contribution in [1.82, 2.24) is 4.90 Å². The molecule has 0 aromatic carbocycles. The number of carbonyl (C=O) groups is 2. The second kappa shape index (κ2) is 2.98. The molecule has 3 heteroatoms. The Kier molecular flexibility index (Phi) is 1.94. The molecule has 0 aromatic heterocycles. The van der Waals surface area contributed by atoms with E-state index in [2.05, 4.69) is 13.0 Å². The quantitative estimate of drug-likeness (QED) is 0.441. The lowest BCUT2D eigenvalue weighted by Gasteiger charge is -2.21. The average molecular weight is 179 g/mol. The third kappa shape index (κ3) is 1.28. The first-order valence-electron chi connectivity index (χ1n) is 4.66. The van der Waals surface area contributed by atoms with Crippen LogP contribution in [0.3, 0.4) is 0 Å². The van der Waals surface area contributed by atoms with Gasteiger partial charge in [0.2, 0.25) is 12.3 Å². The van der Waals surface area contributed by atoms with Crippen molar-refractivity contribution in [3.8, 4) is 0 Å². The van der Waals surface area contributed by atoms with Crippen LogP contribution in [0.5, 0.6) is 0 Å². The zero-order chi connectivity index (χ0) is 9.42. The molecule has 1 heterocycles. The van der Waals surface area contributed by atoms with E-state index in [1.54, 1.807) is 0 Å². The van der Waals surface area contributed by atoms with Gasteiger partial charge in [0.25, 0.3) is 0 Å². The van der Waals surface area contributed by atoms with E-state index in [1.165, 1.54) is 4.90 Å². The molecule has 3 nitrogen and oxygen atoms in total. The minimum Gasteiger partial charge on any atom is -0.284 e. The van der Waals surface area contributed by atoms with E-state index in [9.17, 15) is 9.59 Å². The molecule has 2 aliphatic rings. The molecule has 0 radical (unpaired) electrons. The van der Waals surface area contributed by atoms with Gasteiger partial charge in [-0.3, -0.25) is 14.5 Å². The molecule has 0 spiro atoms. The summed E-state index contributed by atoms with van der Waals surface area (Å²) in [6, 6.07) is 0. The van der Waals surface area contributed by atoms with E-state index in [-0.39, 0.29) is 11.8 Å². The number of nitrogens with zero attached hydrogens (tertiary/aromatic N) is 1. The number of carbonyl (C=O) groups excluding carboxylic acids is 2. The molecule has 0 unspecified atom stereocenters. The maximum Gasteiger partial charge on any atom is 0.236 e. The van der Waals surface area contributed by atoms with Crippen LogP contribution in [0.4, 0.5) is 0 Å². The highest BCUT2D eigenvalue weighted by Crippen LogP contribution is 2.34. The molecule has 3 atom stereocenters. The van der Waals surface area contributed by atoms with Gasteiger partial charge in [-0.2, -0.15) is 0 Å². The van der Waals surface area contributed by atoms with E-state index in [4.69, 9.17) is 0 Å². The highest BCUT2D eigenvalue weighted by atomic mass is 16.2. The van der Waals surface area contributed by atoms with Crippen LogP contribution in [0.2, 0.25) is 0 Å². The van der Waals surface area contributed by atoms with Gasteiger partial charge in [0, 0.05) is 6.54 Å². The molecule has 1 aliphatic heterocycles. The smallest absolute Gasteiger partial charge is 0.236 e. The van der Waals surface area contributed by atoms with E-state index >= 15 is 0 Å². The summed E-state index contributed by atoms with van der Waals surface area (Å²) in [5.41, 5.74) is 0. The van der Waals surface area contributed by atoms with Crippen LogP contribution in [0.1, 0.15) is 13.3 Å². The van der Waals surface area contributed by atoms with Gasteiger partial charge in [0.05, 0.1) is 5.92 Å². The van der Waals surface area contributed by atoms with Crippen LogP contribution in [0.15, 0.2) is 12.2 Å². The number of hydrogen-bond acceptors (Lipinski definition) is 2. The van der Waals surface area contributed by atoms with Crippen molar-refractivity contribution in [2.45, 2.75) is 13.3 Å². The molecule has 1 aliphatic carbocycles. The Morgan fingerprint density at radius 3 is 3.00 bits per heavy atom. The summed E-state index contributed by atoms with van der Waals surface area (Å²) in [5.74, 6) is 0.850. The molecule has 0 bridgehead atoms. The number of fused-ring (bicyclic) bond motifs is 1. The van der Waals surface area contributed by atoms with Crippen molar-refractivity contribution in [3.63, 3.8) is 0 Å². The molecule has 0 saturated carbocycles. The molecule has 1 saturated heterocycles. The summed E-state index contributed by atoms with van der Waals surface area (Å²) in [5, 5.41) is 0. The minimum absolute atomic E-state index is 0.0249. The van der Waals surface area contributed by atoms with Gasteiger partial charge >= 0.3 is 0 Å². The average Bonchev–Trinajstić information content (AvgIpc) is 2.42. The zero-order valence-corrected chi connectivity index (χ0v) is 7.64. The molecule has 70 valence electrons. The van der Waals surface area contributed by atoms with Crippen LogP contribution < -0.4 is 0 Å². The SMILES string of the molecule is C[C@@H]1C=C[C@H]2C(=O)N(C=O)C[C@H]2C1. The number of rotatable bonds is 1. The van der Waals surface area contributed by atoms with Crippen LogP contribution in [0.25, 0.3) is 0 Å². The molecular weight excluding hydrogens is 166 g/mol. The molecule has 2 rings (SSSR count). The highest BCUT2D eigenvalue weighted by molar-refractivity contribution is 5.91. The fourth-order valence-electron chi connectivity index (χ4n) is 2.27. The first kappa shape index (κ1) is 8.48. The van der Waals surface area contributed by atoms with Gasteiger partial charge in [0.15, 0.2) is 0 Å². The zero-order valence-electron chi connectivity index (χ0n) is 7.64. The lowest BCUT2D eigenvalue weighted by Crippen LogP contribution is -2.25. The number of amides is 2. The Morgan fingerprint density at radius 1 is 1.54 bits per heavy atom.